The van der Waals surface area contributed by atoms with Crippen molar-refractivity contribution in [1.29, 1.82) is 0 Å². The Hall–Kier alpha value is -1.64. The third kappa shape index (κ3) is 2.92. The van der Waals surface area contributed by atoms with Gasteiger partial charge in [0.2, 0.25) is 0 Å². The SMILES string of the molecule is [CH2][C@@H]1OCCN(Cc2ccccc2)[C@H]1c1ccccc1. The van der Waals surface area contributed by atoms with Gasteiger partial charge in [0.1, 0.15) is 0 Å². The van der Waals surface area contributed by atoms with Crippen LogP contribution in [0.25, 0.3) is 0 Å². The number of benzene rings is 2. The van der Waals surface area contributed by atoms with Crippen molar-refractivity contribution in [1.82, 2.24) is 4.90 Å². The average Bonchev–Trinajstić information content (AvgIpc) is 2.49. The lowest BCUT2D eigenvalue weighted by atomic mass is 9.98. The van der Waals surface area contributed by atoms with Crippen LogP contribution in [0.15, 0.2) is 60.7 Å². The van der Waals surface area contributed by atoms with Crippen molar-refractivity contribution in [3.63, 3.8) is 0 Å². The first-order chi connectivity index (χ1) is 9.84. The van der Waals surface area contributed by atoms with Gasteiger partial charge in [0.15, 0.2) is 0 Å². The van der Waals surface area contributed by atoms with Crippen LogP contribution in [0.1, 0.15) is 17.2 Å². The Morgan fingerprint density at radius 2 is 1.65 bits per heavy atom. The maximum Gasteiger partial charge on any atom is 0.0773 e. The molecule has 1 aliphatic heterocycles. The quantitative estimate of drug-likeness (QED) is 0.843. The van der Waals surface area contributed by atoms with Crippen molar-refractivity contribution >= 4 is 0 Å². The fourth-order valence-corrected chi connectivity index (χ4v) is 2.86. The summed E-state index contributed by atoms with van der Waals surface area (Å²) in [6.45, 7) is 6.82. The molecule has 1 fully saturated rings. The molecule has 0 aliphatic carbocycles. The predicted molar refractivity (Wildman–Crippen MR) is 81.1 cm³/mol. The first-order valence-electron chi connectivity index (χ1n) is 7.12. The lowest BCUT2D eigenvalue weighted by molar-refractivity contribution is -0.0541. The van der Waals surface area contributed by atoms with Gasteiger partial charge >= 0.3 is 0 Å². The van der Waals surface area contributed by atoms with E-state index < -0.39 is 0 Å². The standard InChI is InChI=1S/C18H20NO/c1-15-18(17-10-6-3-7-11-17)19(12-13-20-15)14-16-8-4-2-5-9-16/h2-11,15,18H,1,12-14H2/t15-,18+/m0/s1. The number of rotatable bonds is 3. The van der Waals surface area contributed by atoms with E-state index in [0.29, 0.717) is 0 Å². The van der Waals surface area contributed by atoms with E-state index in [1.54, 1.807) is 0 Å². The summed E-state index contributed by atoms with van der Waals surface area (Å²) in [6.07, 6.45) is -0.0186. The van der Waals surface area contributed by atoms with Gasteiger partial charge in [-0.1, -0.05) is 60.7 Å². The van der Waals surface area contributed by atoms with Gasteiger partial charge in [0, 0.05) is 13.1 Å². The number of morpholine rings is 1. The molecule has 2 aromatic carbocycles. The van der Waals surface area contributed by atoms with Gasteiger partial charge in [-0.2, -0.15) is 0 Å². The molecule has 103 valence electrons. The van der Waals surface area contributed by atoms with E-state index in [1.807, 2.05) is 6.07 Å². The van der Waals surface area contributed by atoms with E-state index in [1.165, 1.54) is 11.1 Å². The Labute approximate surface area is 121 Å². The molecular weight excluding hydrogens is 246 g/mol. The van der Waals surface area contributed by atoms with Crippen LogP contribution in [-0.2, 0) is 11.3 Å². The smallest absolute Gasteiger partial charge is 0.0773 e. The van der Waals surface area contributed by atoms with Crippen LogP contribution < -0.4 is 0 Å². The van der Waals surface area contributed by atoms with Crippen molar-refractivity contribution in [2.45, 2.75) is 18.7 Å². The topological polar surface area (TPSA) is 12.5 Å². The molecule has 2 heteroatoms. The van der Waals surface area contributed by atoms with Crippen LogP contribution in [0, 0.1) is 6.92 Å². The van der Waals surface area contributed by atoms with Gasteiger partial charge in [-0.15, -0.1) is 0 Å². The minimum Gasteiger partial charge on any atom is -0.375 e. The molecule has 1 saturated heterocycles. The third-order valence-electron chi connectivity index (χ3n) is 3.83. The van der Waals surface area contributed by atoms with Crippen LogP contribution in [0.2, 0.25) is 0 Å². The largest absolute Gasteiger partial charge is 0.375 e. The molecule has 20 heavy (non-hydrogen) atoms. The highest BCUT2D eigenvalue weighted by atomic mass is 16.5. The molecule has 0 saturated carbocycles. The Morgan fingerprint density at radius 1 is 1.00 bits per heavy atom. The van der Waals surface area contributed by atoms with Gasteiger partial charge in [-0.05, 0) is 18.1 Å². The zero-order valence-corrected chi connectivity index (χ0v) is 11.6. The van der Waals surface area contributed by atoms with Crippen LogP contribution >= 0.6 is 0 Å². The Kier molecular flexibility index (Phi) is 4.14. The summed E-state index contributed by atoms with van der Waals surface area (Å²) in [5.41, 5.74) is 2.62. The van der Waals surface area contributed by atoms with E-state index in [2.05, 4.69) is 66.4 Å². The second-order valence-electron chi connectivity index (χ2n) is 5.22. The second-order valence-corrected chi connectivity index (χ2v) is 5.22. The fraction of sp³-hybridized carbons (Fsp3) is 0.278. The van der Waals surface area contributed by atoms with Crippen LogP contribution in [0.5, 0.6) is 0 Å². The molecule has 3 rings (SSSR count). The summed E-state index contributed by atoms with van der Waals surface area (Å²) in [4.78, 5) is 2.46. The first kappa shape index (κ1) is 13.3. The van der Waals surface area contributed by atoms with Crippen molar-refractivity contribution in [2.24, 2.45) is 0 Å². The maximum atomic E-state index is 5.76. The van der Waals surface area contributed by atoms with Gasteiger partial charge in [0.25, 0.3) is 0 Å². The monoisotopic (exact) mass is 266 g/mol. The minimum atomic E-state index is -0.0186. The highest BCUT2D eigenvalue weighted by Crippen LogP contribution is 2.30. The highest BCUT2D eigenvalue weighted by Gasteiger charge is 2.30. The van der Waals surface area contributed by atoms with E-state index in [-0.39, 0.29) is 12.1 Å². The van der Waals surface area contributed by atoms with Crippen molar-refractivity contribution in [2.75, 3.05) is 13.2 Å². The average molecular weight is 266 g/mol. The van der Waals surface area contributed by atoms with Crippen LogP contribution in [0.4, 0.5) is 0 Å². The van der Waals surface area contributed by atoms with Gasteiger partial charge in [0.05, 0.1) is 18.8 Å². The summed E-state index contributed by atoms with van der Waals surface area (Å²) in [6, 6.07) is 21.4. The highest BCUT2D eigenvalue weighted by molar-refractivity contribution is 5.22. The zero-order valence-electron chi connectivity index (χ0n) is 11.6. The summed E-state index contributed by atoms with van der Waals surface area (Å²) in [5.74, 6) is 0. The molecule has 0 unspecified atom stereocenters. The van der Waals surface area contributed by atoms with Crippen molar-refractivity contribution < 1.29 is 4.74 Å². The first-order valence-corrected chi connectivity index (χ1v) is 7.12. The number of ether oxygens (including phenoxy) is 1. The second kappa shape index (κ2) is 6.21. The molecule has 0 bridgehead atoms. The minimum absolute atomic E-state index is 0.0186. The predicted octanol–water partition coefficient (Wildman–Crippen LogP) is 3.46. The van der Waals surface area contributed by atoms with E-state index in [4.69, 9.17) is 4.74 Å². The molecule has 0 amide bonds. The molecule has 2 nitrogen and oxygen atoms in total. The van der Waals surface area contributed by atoms with E-state index in [0.717, 1.165) is 19.7 Å². The van der Waals surface area contributed by atoms with Crippen LogP contribution in [0.3, 0.4) is 0 Å². The molecule has 0 spiro atoms. The summed E-state index contributed by atoms with van der Waals surface area (Å²) >= 11 is 0. The van der Waals surface area contributed by atoms with Crippen molar-refractivity contribution in [3.05, 3.63) is 78.7 Å². The van der Waals surface area contributed by atoms with E-state index >= 15 is 0 Å². The molecule has 1 aliphatic rings. The molecule has 0 N–H and O–H groups in total. The summed E-state index contributed by atoms with van der Waals surface area (Å²) in [7, 11) is 0. The Bertz CT molecular complexity index is 526. The Morgan fingerprint density at radius 3 is 2.35 bits per heavy atom. The molecule has 2 aromatic rings. The zero-order chi connectivity index (χ0) is 13.8. The fourth-order valence-electron chi connectivity index (χ4n) is 2.86. The lowest BCUT2D eigenvalue weighted by Gasteiger charge is -2.40. The number of hydrogen-bond donors (Lipinski definition) is 0. The van der Waals surface area contributed by atoms with Gasteiger partial charge < -0.3 is 4.74 Å². The number of nitrogens with zero attached hydrogens (tertiary/aromatic N) is 1. The third-order valence-corrected chi connectivity index (χ3v) is 3.83. The van der Waals surface area contributed by atoms with Gasteiger partial charge in [-0.3, -0.25) is 4.90 Å². The Balaban J connectivity index is 1.83. The van der Waals surface area contributed by atoms with Crippen LogP contribution in [-0.4, -0.2) is 24.2 Å². The lowest BCUT2D eigenvalue weighted by Crippen LogP contribution is -2.43. The maximum absolute atomic E-state index is 5.76. The van der Waals surface area contributed by atoms with E-state index in [9.17, 15) is 0 Å². The van der Waals surface area contributed by atoms with Gasteiger partial charge in [-0.25, -0.2) is 0 Å². The molecule has 0 aromatic heterocycles. The number of hydrogen-bond acceptors (Lipinski definition) is 2. The summed E-state index contributed by atoms with van der Waals surface area (Å²) in [5, 5.41) is 0. The molecule has 2 atom stereocenters. The molecular formula is C18H20NO. The molecule has 1 radical (unpaired) electrons. The molecule has 1 heterocycles. The summed E-state index contributed by atoms with van der Waals surface area (Å²) < 4.78 is 5.76. The van der Waals surface area contributed by atoms with Crippen molar-refractivity contribution in [3.8, 4) is 0 Å². The normalized spacial score (nSPS) is 23.6.